The number of para-hydroxylation sites is 2. The van der Waals surface area contributed by atoms with Crippen LogP contribution in [0.25, 0.3) is 263 Å². The molecule has 0 N–H and O–H groups in total. The van der Waals surface area contributed by atoms with E-state index in [2.05, 4.69) is 460 Å². The second-order valence-electron chi connectivity index (χ2n) is 39.8. The second kappa shape index (κ2) is 30.0. The van der Waals surface area contributed by atoms with Crippen molar-refractivity contribution in [3.63, 3.8) is 0 Å². The smallest absolute Gasteiger partial charge is 0.136 e. The normalized spacial score (nSPS) is 13.6. The Bertz CT molecular complexity index is 9800. The first-order valence-corrected chi connectivity index (χ1v) is 48.3. The lowest BCUT2D eigenvalue weighted by molar-refractivity contribution is 0.660. The zero-order valence-electron chi connectivity index (χ0n) is 77.3. The highest BCUT2D eigenvalue weighted by molar-refractivity contribution is 6.28. The first-order valence-electron chi connectivity index (χ1n) is 48.3. The van der Waals surface area contributed by atoms with Crippen molar-refractivity contribution in [1.29, 1.82) is 0 Å². The van der Waals surface area contributed by atoms with Crippen molar-refractivity contribution < 1.29 is 13.3 Å². The van der Waals surface area contributed by atoms with Crippen LogP contribution in [0.5, 0.6) is 0 Å². The lowest BCUT2D eigenvalue weighted by Crippen LogP contribution is -2.14. The van der Waals surface area contributed by atoms with Crippen LogP contribution < -0.4 is 0 Å². The Kier molecular flexibility index (Phi) is 17.3. The van der Waals surface area contributed by atoms with Gasteiger partial charge in [0.15, 0.2) is 0 Å². The minimum absolute atomic E-state index is 0.00942. The summed E-state index contributed by atoms with van der Waals surface area (Å²) in [7, 11) is 0. The van der Waals surface area contributed by atoms with Gasteiger partial charge in [0.2, 0.25) is 0 Å². The lowest BCUT2D eigenvalue weighted by atomic mass is 9.81. The Balaban J connectivity index is 0.000000102. The number of furan rings is 3. The summed E-state index contributed by atoms with van der Waals surface area (Å²) in [4.78, 5) is 0. The summed E-state index contributed by atoms with van der Waals surface area (Å²) in [5.74, 6) is 0. The van der Waals surface area contributed by atoms with Crippen molar-refractivity contribution in [2.24, 2.45) is 0 Å². The largest absolute Gasteiger partial charge is 0.456 e. The molecule has 3 aliphatic carbocycles. The third kappa shape index (κ3) is 11.9. The van der Waals surface area contributed by atoms with Crippen LogP contribution in [0.15, 0.2) is 450 Å². The van der Waals surface area contributed by atoms with Gasteiger partial charge >= 0.3 is 0 Å². The fraction of sp³-hybridized carbons (Fsp3) is 0.0667. The molecule has 3 nitrogen and oxygen atoms in total. The maximum absolute atomic E-state index is 6.40. The van der Waals surface area contributed by atoms with Gasteiger partial charge in [0, 0.05) is 48.6 Å². The molecule has 0 amide bonds. The average molecular weight is 1760 g/mol. The molecule has 3 heterocycles. The van der Waals surface area contributed by atoms with E-state index in [4.69, 9.17) is 13.3 Å². The molecule has 0 unspecified atom stereocenters. The average Bonchev–Trinajstić information content (AvgIpc) is 1.46. The second-order valence-corrected chi connectivity index (χ2v) is 39.8. The van der Waals surface area contributed by atoms with E-state index in [1.165, 1.54) is 236 Å². The number of hydrogen-bond donors (Lipinski definition) is 0. The van der Waals surface area contributed by atoms with Gasteiger partial charge in [0.1, 0.15) is 33.5 Å². The van der Waals surface area contributed by atoms with Crippen molar-refractivity contribution >= 4 is 163 Å². The van der Waals surface area contributed by atoms with Crippen LogP contribution in [0.1, 0.15) is 74.9 Å². The first kappa shape index (κ1) is 79.6. The summed E-state index contributed by atoms with van der Waals surface area (Å²) in [5.41, 5.74) is 36.9. The summed E-state index contributed by atoms with van der Waals surface area (Å²) < 4.78 is 18.9. The zero-order chi connectivity index (χ0) is 91.7. The number of hydrogen-bond acceptors (Lipinski definition) is 3. The third-order valence-electron chi connectivity index (χ3n) is 31.3. The minimum atomic E-state index is -0.0661. The van der Waals surface area contributed by atoms with Crippen molar-refractivity contribution in [1.82, 2.24) is 0 Å². The monoisotopic (exact) mass is 1760 g/mol. The molecule has 27 aromatic rings. The topological polar surface area (TPSA) is 39.4 Å². The molecule has 0 bridgehead atoms. The molecule has 3 heteroatoms. The van der Waals surface area contributed by atoms with Crippen LogP contribution in [0, 0.1) is 0 Å². The van der Waals surface area contributed by atoms with Crippen LogP contribution in [-0.4, -0.2) is 0 Å². The molecule has 3 aliphatic rings. The maximum Gasteiger partial charge on any atom is 0.136 e. The number of fused-ring (bicyclic) bond motifs is 27. The predicted octanol–water partition coefficient (Wildman–Crippen LogP) is 38.1. The van der Waals surface area contributed by atoms with Crippen molar-refractivity contribution in [3.8, 4) is 100 Å². The Morgan fingerprint density at radius 3 is 0.819 bits per heavy atom. The summed E-state index contributed by atoms with van der Waals surface area (Å²) in [6, 6.07) is 161. The molecule has 0 atom stereocenters. The minimum Gasteiger partial charge on any atom is -0.456 e. The molecule has 0 saturated carbocycles. The van der Waals surface area contributed by atoms with Gasteiger partial charge in [0.25, 0.3) is 0 Å². The van der Waals surface area contributed by atoms with Crippen molar-refractivity contribution in [2.75, 3.05) is 0 Å². The van der Waals surface area contributed by atoms with E-state index < -0.39 is 0 Å². The van der Waals surface area contributed by atoms with Gasteiger partial charge in [-0.15, -0.1) is 0 Å². The third-order valence-corrected chi connectivity index (χ3v) is 31.3. The van der Waals surface area contributed by atoms with Gasteiger partial charge in [-0.1, -0.05) is 381 Å². The van der Waals surface area contributed by atoms with E-state index in [1.54, 1.807) is 0 Å². The lowest BCUT2D eigenvalue weighted by Gasteiger charge is -2.22. The fourth-order valence-electron chi connectivity index (χ4n) is 24.8. The number of rotatable bonds is 6. The highest BCUT2D eigenvalue weighted by atomic mass is 16.3. The Morgan fingerprint density at radius 1 is 0.138 bits per heavy atom. The Hall–Kier alpha value is -17.0. The Morgan fingerprint density at radius 2 is 0.391 bits per heavy atom. The standard InChI is InChI=1S/C49H32O.C45H30O.C41H28O/c1-49(2)43-21-19-33(25-39(43)40-23-29-11-3-5-13-31(29)27-44(40)49)47-35-15-7-9-17-37(35)48(38-18-10-8-16-36(38)47)34-20-22-45-41(26-34)42-24-30-12-4-6-14-32(30)28-46(42)50-45;1-45(2)39-21-19-29(24-36(39)37-23-27-11-3-4-12-28(27)26-40(37)45)43-32-14-5-7-16-34(32)44(35-17-8-6-15-33(35)43)30-20-22-42-38(25-30)31-13-9-10-18-41(31)46-42;1-41(2)34-19-9-7-12-26(34)33-24-25(22-23-35(33)41)38-27-13-3-5-15-29(27)39(30-16-6-4-14-28(30)38)32-18-11-21-37-40(32)31-17-8-10-20-36(31)42-37/h3-28H,1-2H3;3-26H,1-2H3;3-24H,1-2H3. The Labute approximate surface area is 798 Å². The molecule has 0 saturated heterocycles. The van der Waals surface area contributed by atoms with Crippen LogP contribution in [0.4, 0.5) is 0 Å². The van der Waals surface area contributed by atoms with Crippen LogP contribution >= 0.6 is 0 Å². The molecule has 648 valence electrons. The van der Waals surface area contributed by atoms with E-state index >= 15 is 0 Å². The molecule has 0 aliphatic heterocycles. The molecule has 30 rings (SSSR count). The molecule has 0 radical (unpaired) electrons. The van der Waals surface area contributed by atoms with Gasteiger partial charge in [-0.3, -0.25) is 0 Å². The van der Waals surface area contributed by atoms with E-state index in [0.717, 1.165) is 60.4 Å². The summed E-state index contributed by atoms with van der Waals surface area (Å²) in [6.07, 6.45) is 0. The summed E-state index contributed by atoms with van der Waals surface area (Å²) in [5, 5.41) is 29.7. The first-order chi connectivity index (χ1) is 67.7. The molecule has 0 spiro atoms. The van der Waals surface area contributed by atoms with Gasteiger partial charge in [-0.2, -0.15) is 0 Å². The predicted molar refractivity (Wildman–Crippen MR) is 584 cm³/mol. The number of benzene rings is 24. The van der Waals surface area contributed by atoms with E-state index in [1.807, 2.05) is 18.2 Å². The van der Waals surface area contributed by atoms with E-state index in [9.17, 15) is 0 Å². The van der Waals surface area contributed by atoms with Crippen LogP contribution in [0.3, 0.4) is 0 Å². The van der Waals surface area contributed by atoms with Crippen molar-refractivity contribution in [2.45, 2.75) is 57.8 Å². The van der Waals surface area contributed by atoms with Gasteiger partial charge in [-0.05, 0) is 328 Å². The van der Waals surface area contributed by atoms with E-state index in [-0.39, 0.29) is 16.2 Å². The van der Waals surface area contributed by atoms with E-state index in [0.29, 0.717) is 0 Å². The highest BCUT2D eigenvalue weighted by Gasteiger charge is 2.40. The van der Waals surface area contributed by atoms with Crippen LogP contribution in [0.2, 0.25) is 0 Å². The SMILES string of the molecule is CC1(C)c2ccc(-c3c4ccccc4c(-c4ccc5oc6cc7ccccc7cc6c5c4)c4ccccc34)cc2-c2cc3ccccc3cc21.CC1(C)c2ccc(-c3c4ccccc4c(-c4ccc5oc6ccccc6c5c4)c4ccccc34)cc2-c2cc3ccccc3cc21.CC1(C)c2ccccc2-c2cc(-c3c4ccccc4c(-c4cccc5oc6ccccc6c45)c4ccccc34)ccc21. The molecular weight excluding hydrogens is 1670 g/mol. The highest BCUT2D eigenvalue weighted by Crippen LogP contribution is 2.58. The van der Waals surface area contributed by atoms with Gasteiger partial charge in [-0.25, -0.2) is 0 Å². The van der Waals surface area contributed by atoms with Crippen LogP contribution in [-0.2, 0) is 16.2 Å². The molecular formula is C135H90O3. The molecule has 3 aromatic heterocycles. The molecule has 24 aromatic carbocycles. The van der Waals surface area contributed by atoms with Gasteiger partial charge < -0.3 is 13.3 Å². The maximum atomic E-state index is 6.40. The molecule has 0 fully saturated rings. The summed E-state index contributed by atoms with van der Waals surface area (Å²) >= 11 is 0. The quantitative estimate of drug-likeness (QED) is 0.156. The van der Waals surface area contributed by atoms with Gasteiger partial charge in [0.05, 0.1) is 0 Å². The summed E-state index contributed by atoms with van der Waals surface area (Å²) in [6.45, 7) is 14.2. The fourth-order valence-corrected chi connectivity index (χ4v) is 24.8. The van der Waals surface area contributed by atoms with Crippen molar-refractivity contribution in [3.05, 3.63) is 470 Å². The molecule has 138 heavy (non-hydrogen) atoms. The zero-order valence-corrected chi connectivity index (χ0v) is 77.3.